The summed E-state index contributed by atoms with van der Waals surface area (Å²) in [5.74, 6) is 1.20. The molecule has 1 heterocycles. The average molecular weight is 476 g/mol. The van der Waals surface area contributed by atoms with Crippen LogP contribution in [0.5, 0.6) is 23.0 Å². The van der Waals surface area contributed by atoms with Crippen LogP contribution in [0.25, 0.3) is 6.08 Å². The fourth-order valence-electron chi connectivity index (χ4n) is 3.57. The van der Waals surface area contributed by atoms with Gasteiger partial charge in [0.25, 0.3) is 5.91 Å². The minimum atomic E-state index is -0.641. The highest BCUT2D eigenvalue weighted by Crippen LogP contribution is 2.36. The Kier molecular flexibility index (Phi) is 8.06. The number of hydrogen-bond donors (Lipinski definition) is 0. The first-order valence-electron chi connectivity index (χ1n) is 10.2. The highest BCUT2D eigenvalue weighted by Gasteiger charge is 2.23. The molecule has 0 saturated carbocycles. The number of nitrogens with zero attached hydrogens (tertiary/aromatic N) is 1. The van der Waals surface area contributed by atoms with Crippen molar-refractivity contribution in [1.82, 2.24) is 4.90 Å². The lowest BCUT2D eigenvalue weighted by Gasteiger charge is -2.29. The largest absolute Gasteiger partial charge is 0.493 e. The quantitative estimate of drug-likeness (QED) is 0.426. The minimum absolute atomic E-state index is 0.272. The van der Waals surface area contributed by atoms with Gasteiger partial charge in [-0.1, -0.05) is 11.6 Å². The van der Waals surface area contributed by atoms with Gasteiger partial charge in [0.05, 0.1) is 33.5 Å². The molecule has 2 aromatic rings. The maximum Gasteiger partial charge on any atom is 0.331 e. The Bertz CT molecular complexity index is 1070. The summed E-state index contributed by atoms with van der Waals surface area (Å²) in [6.07, 6.45) is 3.43. The number of amides is 1. The predicted octanol–water partition coefficient (Wildman–Crippen LogP) is 3.52. The zero-order valence-corrected chi connectivity index (χ0v) is 19.7. The molecule has 0 unspecified atom stereocenters. The van der Waals surface area contributed by atoms with Gasteiger partial charge in [0, 0.05) is 19.2 Å². The molecule has 1 amide bonds. The smallest absolute Gasteiger partial charge is 0.331 e. The summed E-state index contributed by atoms with van der Waals surface area (Å²) in [5.41, 5.74) is 2.70. The number of rotatable bonds is 8. The zero-order chi connectivity index (χ0) is 24.0. The number of benzene rings is 2. The molecular formula is C24H26ClNO7. The highest BCUT2D eigenvalue weighted by molar-refractivity contribution is 6.32. The van der Waals surface area contributed by atoms with Crippen molar-refractivity contribution in [2.75, 3.05) is 41.6 Å². The van der Waals surface area contributed by atoms with Crippen LogP contribution in [0.15, 0.2) is 30.3 Å². The maximum atomic E-state index is 12.6. The van der Waals surface area contributed by atoms with Crippen molar-refractivity contribution in [3.63, 3.8) is 0 Å². The Labute approximate surface area is 197 Å². The van der Waals surface area contributed by atoms with Gasteiger partial charge in [0.15, 0.2) is 29.6 Å². The molecule has 0 radical (unpaired) electrons. The lowest BCUT2D eigenvalue weighted by atomic mass is 9.99. The Balaban J connectivity index is 1.58. The Morgan fingerprint density at radius 1 is 0.939 bits per heavy atom. The third kappa shape index (κ3) is 5.70. The van der Waals surface area contributed by atoms with Gasteiger partial charge in [0.1, 0.15) is 0 Å². The van der Waals surface area contributed by atoms with E-state index in [4.69, 9.17) is 35.3 Å². The second-order valence-corrected chi connectivity index (χ2v) is 7.63. The van der Waals surface area contributed by atoms with Gasteiger partial charge in [-0.15, -0.1) is 0 Å². The molecule has 8 nitrogen and oxygen atoms in total. The van der Waals surface area contributed by atoms with Crippen LogP contribution in [0.2, 0.25) is 5.02 Å². The van der Waals surface area contributed by atoms with E-state index in [-0.39, 0.29) is 12.5 Å². The van der Waals surface area contributed by atoms with Crippen molar-refractivity contribution < 1.29 is 33.3 Å². The van der Waals surface area contributed by atoms with Crippen LogP contribution in [-0.4, -0.2) is 58.4 Å². The molecule has 0 atom stereocenters. The predicted molar refractivity (Wildman–Crippen MR) is 123 cm³/mol. The van der Waals surface area contributed by atoms with E-state index in [0.717, 1.165) is 11.1 Å². The van der Waals surface area contributed by atoms with E-state index in [1.54, 1.807) is 31.3 Å². The summed E-state index contributed by atoms with van der Waals surface area (Å²) >= 11 is 6.17. The molecule has 0 spiro atoms. The summed E-state index contributed by atoms with van der Waals surface area (Å²) in [4.78, 5) is 26.4. The fourth-order valence-corrected chi connectivity index (χ4v) is 3.86. The van der Waals surface area contributed by atoms with Gasteiger partial charge in [-0.2, -0.15) is 0 Å². The van der Waals surface area contributed by atoms with Gasteiger partial charge < -0.3 is 28.6 Å². The lowest BCUT2D eigenvalue weighted by molar-refractivity contribution is -0.148. The number of carbonyl (C=O) groups is 2. The maximum absolute atomic E-state index is 12.6. The van der Waals surface area contributed by atoms with E-state index in [1.807, 2.05) is 12.1 Å². The van der Waals surface area contributed by atoms with Crippen molar-refractivity contribution in [1.29, 1.82) is 0 Å². The molecule has 0 saturated heterocycles. The van der Waals surface area contributed by atoms with E-state index in [0.29, 0.717) is 53.1 Å². The second-order valence-electron chi connectivity index (χ2n) is 7.22. The molecule has 0 aromatic heterocycles. The van der Waals surface area contributed by atoms with E-state index in [9.17, 15) is 9.59 Å². The Morgan fingerprint density at radius 2 is 1.61 bits per heavy atom. The minimum Gasteiger partial charge on any atom is -0.493 e. The first-order chi connectivity index (χ1) is 15.9. The highest BCUT2D eigenvalue weighted by atomic mass is 35.5. The molecule has 0 N–H and O–H groups in total. The number of esters is 1. The van der Waals surface area contributed by atoms with Gasteiger partial charge >= 0.3 is 5.97 Å². The normalized spacial score (nSPS) is 12.8. The van der Waals surface area contributed by atoms with Crippen molar-refractivity contribution in [3.8, 4) is 23.0 Å². The van der Waals surface area contributed by atoms with Crippen LogP contribution in [0.3, 0.4) is 0 Å². The van der Waals surface area contributed by atoms with E-state index < -0.39 is 5.97 Å². The van der Waals surface area contributed by atoms with Crippen LogP contribution in [0.4, 0.5) is 0 Å². The molecule has 0 aliphatic carbocycles. The van der Waals surface area contributed by atoms with Crippen LogP contribution >= 0.6 is 11.6 Å². The molecule has 9 heteroatoms. The standard InChI is InChI=1S/C24H26ClNO7/c1-29-19-11-16-7-8-26(13-17(16)12-20(19)30-2)22(27)14-33-23(28)6-5-15-9-18(25)24(32-4)21(10-15)31-3/h5-6,9-12H,7-8,13-14H2,1-4H3/b6-5+. The van der Waals surface area contributed by atoms with Crippen LogP contribution in [-0.2, 0) is 27.3 Å². The van der Waals surface area contributed by atoms with Crippen LogP contribution in [0, 0.1) is 0 Å². The van der Waals surface area contributed by atoms with Gasteiger partial charge in [-0.25, -0.2) is 4.79 Å². The van der Waals surface area contributed by atoms with E-state index in [1.165, 1.54) is 26.4 Å². The first-order valence-corrected chi connectivity index (χ1v) is 10.6. The molecule has 2 aromatic carbocycles. The molecule has 176 valence electrons. The fraction of sp³-hybridized carbons (Fsp3) is 0.333. The molecule has 0 bridgehead atoms. The van der Waals surface area contributed by atoms with Gasteiger partial charge in [0.2, 0.25) is 0 Å². The van der Waals surface area contributed by atoms with Crippen LogP contribution < -0.4 is 18.9 Å². The number of halogens is 1. The summed E-state index contributed by atoms with van der Waals surface area (Å²) in [6, 6.07) is 7.11. The lowest BCUT2D eigenvalue weighted by Crippen LogP contribution is -2.38. The molecular weight excluding hydrogens is 450 g/mol. The SMILES string of the molecule is COc1cc2c(cc1OC)CN(C(=O)COC(=O)/C=C/c1cc(Cl)c(OC)c(OC)c1)CC2. The number of hydrogen-bond acceptors (Lipinski definition) is 7. The van der Waals surface area contributed by atoms with Gasteiger partial charge in [-0.05, 0) is 53.5 Å². The topological polar surface area (TPSA) is 83.5 Å². The molecule has 1 aliphatic rings. The van der Waals surface area contributed by atoms with Crippen molar-refractivity contribution in [3.05, 3.63) is 52.1 Å². The molecule has 1 aliphatic heterocycles. The first kappa shape index (κ1) is 24.3. The number of carbonyl (C=O) groups excluding carboxylic acids is 2. The molecule has 33 heavy (non-hydrogen) atoms. The van der Waals surface area contributed by atoms with E-state index >= 15 is 0 Å². The Morgan fingerprint density at radius 3 is 2.24 bits per heavy atom. The van der Waals surface area contributed by atoms with Crippen molar-refractivity contribution in [2.24, 2.45) is 0 Å². The average Bonchev–Trinajstić information content (AvgIpc) is 2.84. The van der Waals surface area contributed by atoms with Crippen molar-refractivity contribution >= 4 is 29.6 Å². The van der Waals surface area contributed by atoms with Crippen molar-refractivity contribution in [2.45, 2.75) is 13.0 Å². The second kappa shape index (κ2) is 11.0. The van der Waals surface area contributed by atoms with E-state index in [2.05, 4.69) is 0 Å². The molecule has 0 fully saturated rings. The number of ether oxygens (including phenoxy) is 5. The molecule has 3 rings (SSSR count). The number of methoxy groups -OCH3 is 4. The Hall–Kier alpha value is -3.39. The zero-order valence-electron chi connectivity index (χ0n) is 19.0. The van der Waals surface area contributed by atoms with Gasteiger partial charge in [-0.3, -0.25) is 4.79 Å². The summed E-state index contributed by atoms with van der Waals surface area (Å²) < 4.78 is 26.2. The monoisotopic (exact) mass is 475 g/mol. The van der Waals surface area contributed by atoms with Crippen LogP contribution in [0.1, 0.15) is 16.7 Å². The number of fused-ring (bicyclic) bond motifs is 1. The summed E-state index contributed by atoms with van der Waals surface area (Å²) in [7, 11) is 6.14. The third-order valence-corrected chi connectivity index (χ3v) is 5.56. The summed E-state index contributed by atoms with van der Waals surface area (Å²) in [5, 5.41) is 0.347. The third-order valence-electron chi connectivity index (χ3n) is 5.28. The summed E-state index contributed by atoms with van der Waals surface area (Å²) in [6.45, 7) is 0.587.